The van der Waals surface area contributed by atoms with Crippen LogP contribution in [-0.4, -0.2) is 68.1 Å². The van der Waals surface area contributed by atoms with Gasteiger partial charge >= 0.3 is 0 Å². The predicted octanol–water partition coefficient (Wildman–Crippen LogP) is 0.828. The van der Waals surface area contributed by atoms with Crippen molar-refractivity contribution in [3.05, 3.63) is 29.8 Å². The number of sulfone groups is 1. The number of aryl methyl sites for hydroxylation is 1. The molecule has 7 heteroatoms. The molecular weight excluding hydrogens is 328 g/mol. The summed E-state index contributed by atoms with van der Waals surface area (Å²) in [6.07, 6.45) is -0.601. The second-order valence-electron chi connectivity index (χ2n) is 6.37. The van der Waals surface area contributed by atoms with E-state index >= 15 is 0 Å². The van der Waals surface area contributed by atoms with E-state index in [-0.39, 0.29) is 23.8 Å². The summed E-state index contributed by atoms with van der Waals surface area (Å²) in [5.41, 5.74) is 1.94. The molecule has 0 bridgehead atoms. The molecule has 0 aromatic heterocycles. The number of amides is 1. The Morgan fingerprint density at radius 2 is 1.96 bits per heavy atom. The van der Waals surface area contributed by atoms with Crippen molar-refractivity contribution in [3.63, 3.8) is 0 Å². The van der Waals surface area contributed by atoms with Crippen LogP contribution in [-0.2, 0) is 14.6 Å². The molecule has 0 spiro atoms. The summed E-state index contributed by atoms with van der Waals surface area (Å²) >= 11 is 0. The molecule has 1 heterocycles. The van der Waals surface area contributed by atoms with Crippen LogP contribution in [0.15, 0.2) is 24.3 Å². The third-order valence-electron chi connectivity index (χ3n) is 4.56. The maximum atomic E-state index is 12.6. The molecule has 1 aliphatic rings. The van der Waals surface area contributed by atoms with E-state index in [0.717, 1.165) is 11.3 Å². The minimum absolute atomic E-state index is 0.00556. The number of aliphatic hydroxyl groups excluding tert-OH is 1. The van der Waals surface area contributed by atoms with E-state index in [9.17, 15) is 18.3 Å². The van der Waals surface area contributed by atoms with Gasteiger partial charge in [-0.25, -0.2) is 8.42 Å². The molecule has 2 atom stereocenters. The van der Waals surface area contributed by atoms with Crippen LogP contribution in [0.4, 0.5) is 5.69 Å². The van der Waals surface area contributed by atoms with Gasteiger partial charge in [0.15, 0.2) is 9.84 Å². The highest BCUT2D eigenvalue weighted by Gasteiger charge is 2.38. The first-order chi connectivity index (χ1) is 11.2. The van der Waals surface area contributed by atoms with Gasteiger partial charge in [-0.3, -0.25) is 9.69 Å². The summed E-state index contributed by atoms with van der Waals surface area (Å²) in [5, 5.41) is 9.91. The molecule has 0 unspecified atom stereocenters. The van der Waals surface area contributed by atoms with E-state index in [1.165, 1.54) is 0 Å². The molecule has 1 amide bonds. The number of anilines is 1. The van der Waals surface area contributed by atoms with Crippen molar-refractivity contribution in [2.45, 2.75) is 32.4 Å². The Morgan fingerprint density at radius 1 is 1.29 bits per heavy atom. The van der Waals surface area contributed by atoms with Gasteiger partial charge in [-0.15, -0.1) is 0 Å². The van der Waals surface area contributed by atoms with Crippen molar-refractivity contribution < 1.29 is 18.3 Å². The Kier molecular flexibility index (Phi) is 6.01. The van der Waals surface area contributed by atoms with Gasteiger partial charge in [-0.2, -0.15) is 0 Å². The largest absolute Gasteiger partial charge is 0.390 e. The molecule has 2 rings (SSSR count). The highest BCUT2D eigenvalue weighted by atomic mass is 32.2. The fourth-order valence-electron chi connectivity index (χ4n) is 3.15. The van der Waals surface area contributed by atoms with Crippen molar-refractivity contribution in [2.24, 2.45) is 0 Å². The highest BCUT2D eigenvalue weighted by Crippen LogP contribution is 2.21. The average molecular weight is 354 g/mol. The third kappa shape index (κ3) is 4.34. The Hall–Kier alpha value is -1.44. The molecule has 0 aliphatic carbocycles. The van der Waals surface area contributed by atoms with Crippen molar-refractivity contribution in [3.8, 4) is 0 Å². The number of carbonyl (C=O) groups excluding carboxylic acids is 1. The molecule has 1 fully saturated rings. The molecule has 0 saturated carbocycles. The summed E-state index contributed by atoms with van der Waals surface area (Å²) in [7, 11) is -1.43. The lowest BCUT2D eigenvalue weighted by molar-refractivity contribution is -0.119. The minimum Gasteiger partial charge on any atom is -0.390 e. The van der Waals surface area contributed by atoms with Crippen molar-refractivity contribution in [1.82, 2.24) is 4.90 Å². The van der Waals surface area contributed by atoms with Gasteiger partial charge in [-0.05, 0) is 32.5 Å². The molecule has 134 valence electrons. The number of aliphatic hydroxyl groups is 1. The zero-order valence-corrected chi connectivity index (χ0v) is 15.3. The SMILES string of the molecule is CCN(C(=O)CCN(C)[C@H]1CS(=O)(=O)C[C@@H]1O)c1ccccc1C. The first-order valence-electron chi connectivity index (χ1n) is 8.20. The Bertz CT molecular complexity index is 690. The lowest BCUT2D eigenvalue weighted by Crippen LogP contribution is -2.42. The predicted molar refractivity (Wildman–Crippen MR) is 94.9 cm³/mol. The molecule has 6 nitrogen and oxygen atoms in total. The molecule has 1 saturated heterocycles. The first-order valence-corrected chi connectivity index (χ1v) is 10.0. The van der Waals surface area contributed by atoms with Crippen LogP contribution in [0.2, 0.25) is 0 Å². The lowest BCUT2D eigenvalue weighted by Gasteiger charge is -2.27. The first kappa shape index (κ1) is 18.9. The molecule has 1 aromatic carbocycles. The van der Waals surface area contributed by atoms with Crippen LogP contribution < -0.4 is 4.90 Å². The molecule has 0 radical (unpaired) electrons. The van der Waals surface area contributed by atoms with Gasteiger partial charge < -0.3 is 10.0 Å². The second-order valence-corrected chi connectivity index (χ2v) is 8.52. The van der Waals surface area contributed by atoms with Crippen LogP contribution in [0.5, 0.6) is 0 Å². The fourth-order valence-corrected chi connectivity index (χ4v) is 5.03. The van der Waals surface area contributed by atoms with Gasteiger partial charge in [0.2, 0.25) is 5.91 Å². The van der Waals surface area contributed by atoms with Gasteiger partial charge in [0, 0.05) is 25.2 Å². The number of benzene rings is 1. The van der Waals surface area contributed by atoms with Crippen molar-refractivity contribution in [1.29, 1.82) is 0 Å². The fraction of sp³-hybridized carbons (Fsp3) is 0.588. The quantitative estimate of drug-likeness (QED) is 0.819. The van der Waals surface area contributed by atoms with Crippen LogP contribution in [0.1, 0.15) is 18.9 Å². The van der Waals surface area contributed by atoms with Crippen molar-refractivity contribution >= 4 is 21.4 Å². The standard InChI is InChI=1S/C17H26N2O4S/c1-4-19(14-8-6-5-7-13(14)2)17(21)9-10-18(3)15-11-24(22,23)12-16(15)20/h5-8,15-16,20H,4,9-12H2,1-3H3/t15-,16-/m0/s1. The zero-order valence-electron chi connectivity index (χ0n) is 14.5. The van der Waals surface area contributed by atoms with Crippen LogP contribution >= 0.6 is 0 Å². The average Bonchev–Trinajstić information content (AvgIpc) is 2.80. The van der Waals surface area contributed by atoms with E-state index in [1.807, 2.05) is 38.1 Å². The second kappa shape index (κ2) is 7.63. The zero-order chi connectivity index (χ0) is 17.9. The van der Waals surface area contributed by atoms with Gasteiger partial charge in [-0.1, -0.05) is 18.2 Å². The topological polar surface area (TPSA) is 77.9 Å². The lowest BCUT2D eigenvalue weighted by atomic mass is 10.1. The van der Waals surface area contributed by atoms with E-state index in [2.05, 4.69) is 0 Å². The maximum Gasteiger partial charge on any atom is 0.228 e. The highest BCUT2D eigenvalue weighted by molar-refractivity contribution is 7.91. The molecular formula is C17H26N2O4S. The van der Waals surface area contributed by atoms with Gasteiger partial charge in [0.1, 0.15) is 0 Å². The number of carbonyl (C=O) groups is 1. The maximum absolute atomic E-state index is 12.6. The number of hydrogen-bond acceptors (Lipinski definition) is 5. The summed E-state index contributed by atoms with van der Waals surface area (Å²) in [6.45, 7) is 4.89. The van der Waals surface area contributed by atoms with E-state index in [4.69, 9.17) is 0 Å². The van der Waals surface area contributed by atoms with Gasteiger partial charge in [0.05, 0.1) is 23.7 Å². The Balaban J connectivity index is 1.98. The monoisotopic (exact) mass is 354 g/mol. The molecule has 1 aromatic rings. The Labute approximate surface area is 144 Å². The van der Waals surface area contributed by atoms with Gasteiger partial charge in [0.25, 0.3) is 0 Å². The third-order valence-corrected chi connectivity index (χ3v) is 6.26. The summed E-state index contributed by atoms with van der Waals surface area (Å²) in [6, 6.07) is 7.30. The summed E-state index contributed by atoms with van der Waals surface area (Å²) in [5.74, 6) is -0.247. The number of nitrogens with zero attached hydrogens (tertiary/aromatic N) is 2. The molecule has 1 aliphatic heterocycles. The van der Waals surface area contributed by atoms with E-state index in [1.54, 1.807) is 16.8 Å². The van der Waals surface area contributed by atoms with E-state index in [0.29, 0.717) is 13.1 Å². The Morgan fingerprint density at radius 3 is 2.50 bits per heavy atom. The summed E-state index contributed by atoms with van der Waals surface area (Å²) < 4.78 is 23.2. The van der Waals surface area contributed by atoms with E-state index < -0.39 is 22.0 Å². The summed E-state index contributed by atoms with van der Waals surface area (Å²) in [4.78, 5) is 16.1. The number of hydrogen-bond donors (Lipinski definition) is 1. The smallest absolute Gasteiger partial charge is 0.228 e. The van der Waals surface area contributed by atoms with Crippen LogP contribution in [0, 0.1) is 6.92 Å². The normalized spacial score (nSPS) is 22.7. The van der Waals surface area contributed by atoms with Crippen LogP contribution in [0.25, 0.3) is 0 Å². The van der Waals surface area contributed by atoms with Crippen molar-refractivity contribution in [2.75, 3.05) is 36.5 Å². The molecule has 1 N–H and O–H groups in total. The van der Waals surface area contributed by atoms with Crippen LogP contribution in [0.3, 0.4) is 0 Å². The number of para-hydroxylation sites is 1. The minimum atomic E-state index is -3.18. The number of rotatable bonds is 6. The number of likely N-dealkylation sites (N-methyl/N-ethyl adjacent to an activating group) is 1. The molecule has 24 heavy (non-hydrogen) atoms.